The number of benzene rings is 1. The Morgan fingerprint density at radius 2 is 2.00 bits per heavy atom. The highest BCUT2D eigenvalue weighted by atomic mass is 32.1. The van der Waals surface area contributed by atoms with Crippen molar-refractivity contribution in [2.24, 2.45) is 0 Å². The Balaban J connectivity index is 1.71. The van der Waals surface area contributed by atoms with Crippen molar-refractivity contribution < 1.29 is 4.74 Å². The Hall–Kier alpha value is -3.83. The third-order valence-electron chi connectivity index (χ3n) is 5.21. The lowest BCUT2D eigenvalue weighted by atomic mass is 10.2. The van der Waals surface area contributed by atoms with E-state index < -0.39 is 0 Å². The highest BCUT2D eigenvalue weighted by Gasteiger charge is 2.16. The number of imidazole rings is 1. The van der Waals surface area contributed by atoms with Crippen LogP contribution in [-0.4, -0.2) is 21.2 Å². The summed E-state index contributed by atoms with van der Waals surface area (Å²) < 4.78 is 9.05. The lowest BCUT2D eigenvalue weighted by Crippen LogP contribution is -2.25. The number of pyridine rings is 1. The van der Waals surface area contributed by atoms with Gasteiger partial charge >= 0.3 is 0 Å². The fraction of sp³-hybridized carbons (Fsp3) is 0.208. The summed E-state index contributed by atoms with van der Waals surface area (Å²) >= 11 is 1.64. The molecule has 0 aliphatic heterocycles. The number of nitriles is 1. The molecule has 7 nitrogen and oxygen atoms in total. The van der Waals surface area contributed by atoms with E-state index in [0.717, 1.165) is 16.3 Å². The van der Waals surface area contributed by atoms with Crippen LogP contribution in [0, 0.1) is 25.2 Å². The van der Waals surface area contributed by atoms with Crippen molar-refractivity contribution in [3.63, 3.8) is 0 Å². The maximum Gasteiger partial charge on any atom is 0.274 e. The van der Waals surface area contributed by atoms with Crippen LogP contribution in [0.4, 0.5) is 11.4 Å². The number of thiophene rings is 1. The molecule has 1 atom stereocenters. The number of methoxy groups -OCH3 is 1. The molecule has 8 heteroatoms. The molecule has 0 amide bonds. The molecule has 0 saturated heterocycles. The van der Waals surface area contributed by atoms with E-state index in [1.807, 2.05) is 61.9 Å². The van der Waals surface area contributed by atoms with Crippen LogP contribution < -0.4 is 15.6 Å². The van der Waals surface area contributed by atoms with Crippen LogP contribution in [0.25, 0.3) is 5.69 Å². The zero-order valence-corrected chi connectivity index (χ0v) is 19.1. The van der Waals surface area contributed by atoms with E-state index in [1.54, 1.807) is 41.6 Å². The van der Waals surface area contributed by atoms with Gasteiger partial charge in [0.05, 0.1) is 36.4 Å². The number of anilines is 2. The van der Waals surface area contributed by atoms with E-state index in [9.17, 15) is 10.1 Å². The summed E-state index contributed by atoms with van der Waals surface area (Å²) in [6.45, 7) is 5.91. The second-order valence-corrected chi connectivity index (χ2v) is 8.84. The molecule has 1 N–H and O–H groups in total. The van der Waals surface area contributed by atoms with Gasteiger partial charge in [0.15, 0.2) is 0 Å². The van der Waals surface area contributed by atoms with Gasteiger partial charge in [-0.1, -0.05) is 0 Å². The summed E-state index contributed by atoms with van der Waals surface area (Å²) in [5.41, 5.74) is 2.96. The zero-order valence-electron chi connectivity index (χ0n) is 18.3. The molecule has 4 aromatic rings. The lowest BCUT2D eigenvalue weighted by Gasteiger charge is -2.17. The number of ether oxygens (including phenoxy) is 1. The van der Waals surface area contributed by atoms with Crippen LogP contribution in [0.15, 0.2) is 59.9 Å². The van der Waals surface area contributed by atoms with Crippen molar-refractivity contribution in [2.75, 3.05) is 12.4 Å². The predicted molar refractivity (Wildman–Crippen MR) is 126 cm³/mol. The van der Waals surface area contributed by atoms with Crippen molar-refractivity contribution in [1.29, 1.82) is 5.26 Å². The van der Waals surface area contributed by atoms with E-state index in [-0.39, 0.29) is 11.6 Å². The van der Waals surface area contributed by atoms with Crippen LogP contribution in [0.3, 0.4) is 0 Å². The molecule has 0 bridgehead atoms. The number of aromatic nitrogens is 3. The van der Waals surface area contributed by atoms with Crippen LogP contribution in [0.5, 0.6) is 5.75 Å². The summed E-state index contributed by atoms with van der Waals surface area (Å²) in [5.74, 6) is 0.631. The van der Waals surface area contributed by atoms with Gasteiger partial charge in [0.25, 0.3) is 5.56 Å². The third kappa shape index (κ3) is 4.15. The average molecular weight is 446 g/mol. The molecule has 4 rings (SSSR count). The Kier molecular flexibility index (Phi) is 5.84. The fourth-order valence-corrected chi connectivity index (χ4v) is 4.46. The molecule has 3 aromatic heterocycles. The minimum atomic E-state index is -0.198. The Morgan fingerprint density at radius 3 is 2.62 bits per heavy atom. The largest absolute Gasteiger partial charge is 0.494 e. The smallest absolute Gasteiger partial charge is 0.274 e. The van der Waals surface area contributed by atoms with E-state index in [4.69, 9.17) is 4.74 Å². The van der Waals surface area contributed by atoms with Crippen molar-refractivity contribution in [3.8, 4) is 17.5 Å². The zero-order chi connectivity index (χ0) is 22.8. The van der Waals surface area contributed by atoms with Gasteiger partial charge in [0, 0.05) is 33.9 Å². The van der Waals surface area contributed by atoms with Gasteiger partial charge in [-0.3, -0.25) is 4.79 Å². The normalized spacial score (nSPS) is 11.7. The molecule has 0 unspecified atom stereocenters. The summed E-state index contributed by atoms with van der Waals surface area (Å²) in [5, 5.41) is 12.7. The van der Waals surface area contributed by atoms with Gasteiger partial charge in [0.2, 0.25) is 0 Å². The van der Waals surface area contributed by atoms with Crippen molar-refractivity contribution >= 4 is 22.7 Å². The number of nitrogens with one attached hydrogen (secondary N) is 1. The number of hydrogen-bond acceptors (Lipinski definition) is 6. The monoisotopic (exact) mass is 445 g/mol. The second-order valence-electron chi connectivity index (χ2n) is 7.53. The first-order valence-corrected chi connectivity index (χ1v) is 10.9. The highest BCUT2D eigenvalue weighted by molar-refractivity contribution is 7.12. The van der Waals surface area contributed by atoms with Gasteiger partial charge in [-0.25, -0.2) is 4.98 Å². The predicted octanol–water partition coefficient (Wildman–Crippen LogP) is 4.95. The summed E-state index contributed by atoms with van der Waals surface area (Å²) in [6, 6.07) is 13.2. The molecule has 0 saturated carbocycles. The minimum absolute atomic E-state index is 0.184. The molecule has 0 aliphatic rings. The molecular formula is C24H23N5O2S. The SMILES string of the molecule is COc1cc(Nc2cc(C#N)cn([C@@H](C)c3ccc(C)s3)c2=O)ccc1-n1cnc(C)c1. The minimum Gasteiger partial charge on any atom is -0.494 e. The standard InChI is InChI=1S/C24H23N5O2S/c1-15-12-28(14-26-15)21-7-6-19(10-22(21)31-4)27-20-9-18(11-25)13-29(24(20)30)17(3)23-8-5-16(2)32-23/h5-10,12-14,17,27H,1-4H3/t17-/m0/s1. The summed E-state index contributed by atoms with van der Waals surface area (Å²) in [4.78, 5) is 19.8. The van der Waals surface area contributed by atoms with E-state index in [0.29, 0.717) is 22.7 Å². The molecular weight excluding hydrogens is 422 g/mol. The van der Waals surface area contributed by atoms with Crippen molar-refractivity contribution in [3.05, 3.63) is 86.5 Å². The maximum atomic E-state index is 13.3. The number of nitrogens with zero attached hydrogens (tertiary/aromatic N) is 4. The summed E-state index contributed by atoms with van der Waals surface area (Å²) in [7, 11) is 1.60. The number of rotatable bonds is 6. The number of hydrogen-bond donors (Lipinski definition) is 1. The Bertz CT molecular complexity index is 1380. The molecule has 0 aliphatic carbocycles. The Labute approximate surface area is 190 Å². The molecule has 3 heterocycles. The fourth-order valence-electron chi connectivity index (χ4n) is 3.53. The van der Waals surface area contributed by atoms with E-state index >= 15 is 0 Å². The van der Waals surface area contributed by atoms with Gasteiger partial charge < -0.3 is 19.2 Å². The molecule has 32 heavy (non-hydrogen) atoms. The summed E-state index contributed by atoms with van der Waals surface area (Å²) in [6.07, 6.45) is 5.25. The third-order valence-corrected chi connectivity index (χ3v) is 6.38. The lowest BCUT2D eigenvalue weighted by molar-refractivity contribution is 0.413. The highest BCUT2D eigenvalue weighted by Crippen LogP contribution is 2.29. The van der Waals surface area contributed by atoms with E-state index in [1.165, 1.54) is 4.88 Å². The van der Waals surface area contributed by atoms with Gasteiger partial charge in [-0.2, -0.15) is 5.26 Å². The molecule has 0 fully saturated rings. The van der Waals surface area contributed by atoms with Crippen LogP contribution >= 0.6 is 11.3 Å². The Morgan fingerprint density at radius 1 is 1.19 bits per heavy atom. The first-order valence-electron chi connectivity index (χ1n) is 10.1. The maximum absolute atomic E-state index is 13.3. The topological polar surface area (TPSA) is 84.9 Å². The van der Waals surface area contributed by atoms with Crippen molar-refractivity contribution in [1.82, 2.24) is 14.1 Å². The van der Waals surface area contributed by atoms with Gasteiger partial charge in [-0.05, 0) is 51.1 Å². The first kappa shape index (κ1) is 21.4. The first-order chi connectivity index (χ1) is 15.4. The average Bonchev–Trinajstić information content (AvgIpc) is 3.42. The van der Waals surface area contributed by atoms with Crippen LogP contribution in [-0.2, 0) is 0 Å². The van der Waals surface area contributed by atoms with Gasteiger partial charge in [0.1, 0.15) is 17.5 Å². The molecule has 1 aromatic carbocycles. The second kappa shape index (κ2) is 8.73. The molecule has 162 valence electrons. The molecule has 0 spiro atoms. The van der Waals surface area contributed by atoms with Gasteiger partial charge in [-0.15, -0.1) is 11.3 Å². The number of aryl methyl sites for hydroxylation is 2. The van der Waals surface area contributed by atoms with Crippen molar-refractivity contribution in [2.45, 2.75) is 26.8 Å². The molecule has 0 radical (unpaired) electrons. The van der Waals surface area contributed by atoms with E-state index in [2.05, 4.69) is 16.4 Å². The quantitative estimate of drug-likeness (QED) is 0.454. The van der Waals surface area contributed by atoms with Crippen LogP contribution in [0.2, 0.25) is 0 Å². The van der Waals surface area contributed by atoms with Crippen LogP contribution in [0.1, 0.15) is 34.0 Å².